The fraction of sp³-hybridized carbons (Fsp3) is 0.652. The molecule has 0 amide bonds. The maximum Gasteiger partial charge on any atom is 0.236 e. The molecule has 168 valence electrons. The van der Waals surface area contributed by atoms with Gasteiger partial charge in [0.2, 0.25) is 5.85 Å². The molecule has 31 heavy (non-hydrogen) atoms. The van der Waals surface area contributed by atoms with Crippen LogP contribution in [-0.4, -0.2) is 83.3 Å². The van der Waals surface area contributed by atoms with Crippen molar-refractivity contribution in [3.05, 3.63) is 49.0 Å². The van der Waals surface area contributed by atoms with Crippen molar-refractivity contribution in [2.45, 2.75) is 43.3 Å². The first-order valence-corrected chi connectivity index (χ1v) is 11.9. The van der Waals surface area contributed by atoms with Gasteiger partial charge in [-0.2, -0.15) is 5.01 Å². The number of nitrogens with one attached hydrogen (secondary N) is 2. The van der Waals surface area contributed by atoms with Crippen LogP contribution in [0.2, 0.25) is 0 Å². The van der Waals surface area contributed by atoms with Gasteiger partial charge in [-0.25, -0.2) is 5.01 Å². The van der Waals surface area contributed by atoms with Crippen LogP contribution in [0.3, 0.4) is 0 Å². The Hall–Kier alpha value is -1.84. The van der Waals surface area contributed by atoms with E-state index in [0.29, 0.717) is 6.61 Å². The maximum absolute atomic E-state index is 7.09. The number of likely N-dealkylation sites (tertiary alicyclic amines) is 1. The highest BCUT2D eigenvalue weighted by atomic mass is 16.6. The highest BCUT2D eigenvalue weighted by molar-refractivity contribution is 5.23. The minimum Gasteiger partial charge on any atom is -0.493 e. The van der Waals surface area contributed by atoms with Crippen LogP contribution in [0.1, 0.15) is 25.7 Å². The molecule has 0 aromatic heterocycles. The Labute approximate surface area is 184 Å². The fourth-order valence-corrected chi connectivity index (χ4v) is 6.50. The van der Waals surface area contributed by atoms with E-state index in [9.17, 15) is 0 Å². The molecule has 0 saturated carbocycles. The van der Waals surface area contributed by atoms with E-state index in [0.717, 1.165) is 52.1 Å². The van der Waals surface area contributed by atoms with Crippen LogP contribution < -0.4 is 10.9 Å². The second-order valence-corrected chi connectivity index (χ2v) is 9.18. The molecule has 4 atom stereocenters. The lowest BCUT2D eigenvalue weighted by Gasteiger charge is -2.61. The molecule has 3 fully saturated rings. The van der Waals surface area contributed by atoms with Gasteiger partial charge in [0.25, 0.3) is 0 Å². The van der Waals surface area contributed by atoms with Crippen molar-refractivity contribution in [3.63, 3.8) is 0 Å². The number of ether oxygens (including phenoxy) is 2. The lowest BCUT2D eigenvalue weighted by molar-refractivity contribution is -0.307. The van der Waals surface area contributed by atoms with Crippen LogP contribution in [0, 0.1) is 5.92 Å². The van der Waals surface area contributed by atoms with Crippen LogP contribution >= 0.6 is 0 Å². The lowest BCUT2D eigenvalue weighted by Crippen LogP contribution is -2.84. The lowest BCUT2D eigenvalue weighted by atomic mass is 9.82. The summed E-state index contributed by atoms with van der Waals surface area (Å²) in [6.45, 7) is 6.52. The molecule has 4 unspecified atom stereocenters. The van der Waals surface area contributed by atoms with Crippen molar-refractivity contribution in [1.82, 2.24) is 30.7 Å². The third kappa shape index (κ3) is 2.79. The van der Waals surface area contributed by atoms with Gasteiger partial charge in [-0.15, -0.1) is 0 Å². The summed E-state index contributed by atoms with van der Waals surface area (Å²) in [5.41, 5.74) is 6.88. The number of nitrogens with zero attached hydrogens (tertiary/aromatic N) is 4. The molecule has 6 heterocycles. The molecule has 0 spiro atoms. The zero-order valence-corrected chi connectivity index (χ0v) is 18.2. The first-order chi connectivity index (χ1) is 15.4. The van der Waals surface area contributed by atoms with E-state index in [1.807, 2.05) is 12.3 Å². The van der Waals surface area contributed by atoms with Crippen molar-refractivity contribution in [2.24, 2.45) is 5.92 Å². The predicted molar refractivity (Wildman–Crippen MR) is 118 cm³/mol. The molecule has 0 aromatic rings. The smallest absolute Gasteiger partial charge is 0.236 e. The Morgan fingerprint density at radius 2 is 1.90 bits per heavy atom. The summed E-state index contributed by atoms with van der Waals surface area (Å²) in [5, 5.41) is 4.88. The highest BCUT2D eigenvalue weighted by Crippen LogP contribution is 2.54. The number of hydrogen-bond acceptors (Lipinski definition) is 8. The molecule has 2 N–H and O–H groups in total. The third-order valence-corrected chi connectivity index (χ3v) is 7.65. The Bertz CT molecular complexity index is 775. The number of hydrogen-bond donors (Lipinski definition) is 2. The molecule has 0 radical (unpaired) electrons. The van der Waals surface area contributed by atoms with Gasteiger partial charge in [0.15, 0.2) is 5.66 Å². The zero-order chi connectivity index (χ0) is 20.7. The molecule has 8 nitrogen and oxygen atoms in total. The second kappa shape index (κ2) is 7.94. The van der Waals surface area contributed by atoms with Gasteiger partial charge in [0.1, 0.15) is 6.10 Å². The van der Waals surface area contributed by atoms with Crippen molar-refractivity contribution < 1.29 is 9.47 Å². The Balaban J connectivity index is 1.55. The summed E-state index contributed by atoms with van der Waals surface area (Å²) in [4.78, 5) is 5.08. The van der Waals surface area contributed by atoms with Crippen LogP contribution in [0.25, 0.3) is 0 Å². The van der Waals surface area contributed by atoms with Crippen LogP contribution in [0.5, 0.6) is 0 Å². The van der Waals surface area contributed by atoms with Crippen LogP contribution in [0.4, 0.5) is 0 Å². The average Bonchev–Trinajstić information content (AvgIpc) is 3.64. The number of rotatable bonds is 5. The SMILES string of the molecule is C1=COC(C2COC(N3C=CCC3)(N3CCCC3)C2(N2CC=CN2)N2CCCN2)C=C1. The van der Waals surface area contributed by atoms with E-state index in [-0.39, 0.29) is 12.0 Å². The van der Waals surface area contributed by atoms with Gasteiger partial charge in [-0.1, -0.05) is 18.2 Å². The molecule has 6 aliphatic rings. The van der Waals surface area contributed by atoms with Gasteiger partial charge >= 0.3 is 0 Å². The van der Waals surface area contributed by atoms with Gasteiger partial charge in [0, 0.05) is 45.5 Å². The molecule has 0 aromatic carbocycles. The van der Waals surface area contributed by atoms with Crippen molar-refractivity contribution in [3.8, 4) is 0 Å². The molecule has 6 aliphatic heterocycles. The zero-order valence-electron chi connectivity index (χ0n) is 18.2. The Kier molecular flexibility index (Phi) is 5.07. The number of hydrazine groups is 2. The molecular formula is C23H34N6O2. The number of allylic oxidation sites excluding steroid dienone is 2. The standard InChI is InChI=1S/C23H34N6O2/c1-6-18-30-21(9-1)20-19-31-23(26-12-2-3-13-26,27-14-4-5-15-27)22(20,28-16-7-10-24-28)29-17-8-11-25-29/h1-2,6-7,9-10,12,18,20-21,24-25H,3-5,8,11,13-17,19H2. The van der Waals surface area contributed by atoms with E-state index in [2.05, 4.69) is 67.4 Å². The highest BCUT2D eigenvalue weighted by Gasteiger charge is 2.74. The monoisotopic (exact) mass is 426 g/mol. The van der Waals surface area contributed by atoms with Gasteiger partial charge in [0.05, 0.1) is 18.8 Å². The summed E-state index contributed by atoms with van der Waals surface area (Å²) in [6.07, 6.45) is 21.5. The third-order valence-electron chi connectivity index (χ3n) is 7.65. The summed E-state index contributed by atoms with van der Waals surface area (Å²) in [5.74, 6) is -0.489. The Morgan fingerprint density at radius 1 is 0.968 bits per heavy atom. The maximum atomic E-state index is 7.09. The van der Waals surface area contributed by atoms with Crippen LogP contribution in [0.15, 0.2) is 49.0 Å². The van der Waals surface area contributed by atoms with E-state index in [1.54, 1.807) is 0 Å². The van der Waals surface area contributed by atoms with E-state index >= 15 is 0 Å². The first-order valence-electron chi connectivity index (χ1n) is 11.9. The van der Waals surface area contributed by atoms with Crippen molar-refractivity contribution >= 4 is 0 Å². The molecule has 8 heteroatoms. The molecule has 0 aliphatic carbocycles. The second-order valence-electron chi connectivity index (χ2n) is 9.18. The molecule has 3 saturated heterocycles. The van der Waals surface area contributed by atoms with Gasteiger partial charge in [-0.3, -0.25) is 10.3 Å². The fourth-order valence-electron chi connectivity index (χ4n) is 6.50. The molecule has 0 bridgehead atoms. The largest absolute Gasteiger partial charge is 0.493 e. The van der Waals surface area contributed by atoms with Gasteiger partial charge < -0.3 is 19.8 Å². The Morgan fingerprint density at radius 3 is 2.58 bits per heavy atom. The average molecular weight is 427 g/mol. The molecule has 6 rings (SSSR count). The van der Waals surface area contributed by atoms with Crippen molar-refractivity contribution in [2.75, 3.05) is 45.9 Å². The minimum absolute atomic E-state index is 0.0501. The quantitative estimate of drug-likeness (QED) is 0.683. The minimum atomic E-state index is -0.601. The van der Waals surface area contributed by atoms with E-state index in [1.165, 1.54) is 12.8 Å². The summed E-state index contributed by atoms with van der Waals surface area (Å²) in [6, 6.07) is 0. The normalized spacial score (nSPS) is 41.0. The van der Waals surface area contributed by atoms with Crippen LogP contribution in [-0.2, 0) is 9.47 Å². The van der Waals surface area contributed by atoms with E-state index < -0.39 is 11.5 Å². The topological polar surface area (TPSA) is 55.5 Å². The summed E-state index contributed by atoms with van der Waals surface area (Å²) in [7, 11) is 0. The first kappa shape index (κ1) is 19.8. The summed E-state index contributed by atoms with van der Waals surface area (Å²) < 4.78 is 13.3. The van der Waals surface area contributed by atoms with Gasteiger partial charge in [-0.05, 0) is 44.0 Å². The molecular weight excluding hydrogens is 392 g/mol. The van der Waals surface area contributed by atoms with Crippen molar-refractivity contribution in [1.29, 1.82) is 0 Å². The van der Waals surface area contributed by atoms with E-state index in [4.69, 9.17) is 9.47 Å². The predicted octanol–water partition coefficient (Wildman–Crippen LogP) is 1.31. The summed E-state index contributed by atoms with van der Waals surface area (Å²) >= 11 is 0.